The summed E-state index contributed by atoms with van der Waals surface area (Å²) >= 11 is 5.78. The van der Waals surface area contributed by atoms with E-state index in [9.17, 15) is 4.21 Å². The summed E-state index contributed by atoms with van der Waals surface area (Å²) in [5, 5.41) is 7.60. The lowest BCUT2D eigenvalue weighted by Gasteiger charge is -2.02. The Kier molecular flexibility index (Phi) is 6.34. The summed E-state index contributed by atoms with van der Waals surface area (Å²) in [6, 6.07) is 7.76. The van der Waals surface area contributed by atoms with Gasteiger partial charge in [0.2, 0.25) is 0 Å². The summed E-state index contributed by atoms with van der Waals surface area (Å²) in [6.07, 6.45) is 3.80. The second kappa shape index (κ2) is 7.58. The number of hydrogen-bond acceptors (Lipinski definition) is 2. The van der Waals surface area contributed by atoms with Gasteiger partial charge in [0.15, 0.2) is 0 Å². The minimum absolute atomic E-state index is 0.615. The highest BCUT2D eigenvalue weighted by atomic mass is 35.5. The van der Waals surface area contributed by atoms with Crippen LogP contribution < -0.4 is 0 Å². The first-order valence-corrected chi connectivity index (χ1v) is 7.17. The maximum Gasteiger partial charge on any atom is 0.0406 e. The van der Waals surface area contributed by atoms with E-state index in [0.717, 1.165) is 23.6 Å². The third-order valence-electron chi connectivity index (χ3n) is 2.24. The Morgan fingerprint density at radius 2 is 1.94 bits per heavy atom. The fourth-order valence-corrected chi connectivity index (χ4v) is 2.56. The molecule has 0 aromatic heterocycles. The predicted molar refractivity (Wildman–Crippen MR) is 71.1 cm³/mol. The highest BCUT2D eigenvalue weighted by Crippen LogP contribution is 2.11. The van der Waals surface area contributed by atoms with Gasteiger partial charge in [0.25, 0.3) is 0 Å². The summed E-state index contributed by atoms with van der Waals surface area (Å²) in [5.41, 5.74) is 1.23. The minimum atomic E-state index is -0.775. The molecule has 1 atom stereocenters. The zero-order valence-electron chi connectivity index (χ0n) is 9.12. The van der Waals surface area contributed by atoms with E-state index in [1.54, 1.807) is 0 Å². The Hall–Kier alpha value is -0.670. The molecular weight excluding hydrogens is 242 g/mol. The first kappa shape index (κ1) is 13.4. The molecule has 4 heteroatoms. The standard InChI is InChI=1S/C12H16ClNOS/c13-12-6-4-11(5-7-12)3-1-9-16(15)10-2-8-14/h4-8,14H,1-3,9-10H2. The van der Waals surface area contributed by atoms with E-state index in [1.165, 1.54) is 11.8 Å². The Labute approximate surface area is 104 Å². The fraction of sp³-hybridized carbons (Fsp3) is 0.417. The second-order valence-corrected chi connectivity index (χ2v) is 5.70. The molecule has 0 saturated carbocycles. The van der Waals surface area contributed by atoms with Gasteiger partial charge < -0.3 is 5.41 Å². The molecule has 1 aromatic carbocycles. The van der Waals surface area contributed by atoms with Crippen LogP contribution in [0.5, 0.6) is 0 Å². The number of halogens is 1. The van der Waals surface area contributed by atoms with Crippen molar-refractivity contribution in [3.63, 3.8) is 0 Å². The average Bonchev–Trinajstić information content (AvgIpc) is 2.29. The average molecular weight is 258 g/mol. The van der Waals surface area contributed by atoms with Crippen molar-refractivity contribution in [3.8, 4) is 0 Å². The Morgan fingerprint density at radius 3 is 2.56 bits per heavy atom. The van der Waals surface area contributed by atoms with Gasteiger partial charge in [-0.15, -0.1) is 0 Å². The summed E-state index contributed by atoms with van der Waals surface area (Å²) < 4.78 is 11.4. The van der Waals surface area contributed by atoms with E-state index in [0.29, 0.717) is 12.2 Å². The highest BCUT2D eigenvalue weighted by Gasteiger charge is 1.99. The van der Waals surface area contributed by atoms with Crippen molar-refractivity contribution in [2.45, 2.75) is 19.3 Å². The van der Waals surface area contributed by atoms with Crippen molar-refractivity contribution < 1.29 is 4.21 Å². The molecule has 1 aromatic rings. The Balaban J connectivity index is 2.22. The van der Waals surface area contributed by atoms with Crippen molar-refractivity contribution in [2.75, 3.05) is 11.5 Å². The molecule has 88 valence electrons. The molecule has 0 spiro atoms. The van der Waals surface area contributed by atoms with Crippen LogP contribution in [-0.2, 0) is 17.2 Å². The molecule has 16 heavy (non-hydrogen) atoms. The molecule has 0 radical (unpaired) electrons. The summed E-state index contributed by atoms with van der Waals surface area (Å²) in [5.74, 6) is 1.33. The Morgan fingerprint density at radius 1 is 1.25 bits per heavy atom. The lowest BCUT2D eigenvalue weighted by atomic mass is 10.1. The van der Waals surface area contributed by atoms with Crippen LogP contribution in [0.15, 0.2) is 24.3 Å². The smallest absolute Gasteiger partial charge is 0.0406 e. The molecule has 0 amide bonds. The molecule has 2 nitrogen and oxygen atoms in total. The SMILES string of the molecule is N=CCCS(=O)CCCc1ccc(Cl)cc1. The zero-order chi connectivity index (χ0) is 11.8. The fourth-order valence-electron chi connectivity index (χ4n) is 1.38. The number of hydrogen-bond donors (Lipinski definition) is 1. The molecule has 1 N–H and O–H groups in total. The number of nitrogens with one attached hydrogen (secondary N) is 1. The van der Waals surface area contributed by atoms with Gasteiger partial charge in [-0.25, -0.2) is 0 Å². The van der Waals surface area contributed by atoms with Crippen molar-refractivity contribution >= 4 is 28.6 Å². The van der Waals surface area contributed by atoms with E-state index in [2.05, 4.69) is 0 Å². The van der Waals surface area contributed by atoms with Crippen LogP contribution in [0.25, 0.3) is 0 Å². The van der Waals surface area contributed by atoms with Crippen LogP contribution in [0.4, 0.5) is 0 Å². The third kappa shape index (κ3) is 5.42. The molecule has 0 saturated heterocycles. The van der Waals surface area contributed by atoms with Crippen molar-refractivity contribution in [2.24, 2.45) is 0 Å². The van der Waals surface area contributed by atoms with Gasteiger partial charge in [0.1, 0.15) is 0 Å². The van der Waals surface area contributed by atoms with Crippen LogP contribution in [0.3, 0.4) is 0 Å². The summed E-state index contributed by atoms with van der Waals surface area (Å²) in [7, 11) is -0.775. The molecular formula is C12H16ClNOS. The summed E-state index contributed by atoms with van der Waals surface area (Å²) in [4.78, 5) is 0. The van der Waals surface area contributed by atoms with Crippen LogP contribution in [0.2, 0.25) is 5.02 Å². The second-order valence-electron chi connectivity index (χ2n) is 3.57. The molecule has 0 bridgehead atoms. The molecule has 0 aliphatic heterocycles. The van der Waals surface area contributed by atoms with Gasteiger partial charge >= 0.3 is 0 Å². The Bertz CT molecular complexity index is 351. The van der Waals surface area contributed by atoms with Gasteiger partial charge in [-0.3, -0.25) is 4.21 Å². The minimum Gasteiger partial charge on any atom is -0.313 e. The topological polar surface area (TPSA) is 40.9 Å². The first-order valence-electron chi connectivity index (χ1n) is 5.30. The van der Waals surface area contributed by atoms with E-state index < -0.39 is 10.8 Å². The van der Waals surface area contributed by atoms with E-state index in [4.69, 9.17) is 17.0 Å². The monoisotopic (exact) mass is 257 g/mol. The molecule has 1 rings (SSSR count). The normalized spacial score (nSPS) is 12.3. The summed E-state index contributed by atoms with van der Waals surface area (Å²) in [6.45, 7) is 0. The maximum absolute atomic E-state index is 11.4. The lowest BCUT2D eigenvalue weighted by Crippen LogP contribution is -2.04. The number of rotatable bonds is 7. The van der Waals surface area contributed by atoms with Gasteiger partial charge in [0.05, 0.1) is 0 Å². The van der Waals surface area contributed by atoms with Gasteiger partial charge in [-0.2, -0.15) is 0 Å². The van der Waals surface area contributed by atoms with Crippen molar-refractivity contribution in [3.05, 3.63) is 34.9 Å². The predicted octanol–water partition coefficient (Wildman–Crippen LogP) is 3.06. The largest absolute Gasteiger partial charge is 0.313 e. The van der Waals surface area contributed by atoms with Crippen LogP contribution in [0.1, 0.15) is 18.4 Å². The molecule has 0 heterocycles. The van der Waals surface area contributed by atoms with E-state index in [-0.39, 0.29) is 0 Å². The molecule has 0 fully saturated rings. The van der Waals surface area contributed by atoms with Crippen LogP contribution in [-0.4, -0.2) is 21.9 Å². The van der Waals surface area contributed by atoms with Crippen molar-refractivity contribution in [1.82, 2.24) is 0 Å². The van der Waals surface area contributed by atoms with Gasteiger partial charge in [-0.1, -0.05) is 23.7 Å². The van der Waals surface area contributed by atoms with Crippen LogP contribution >= 0.6 is 11.6 Å². The quantitative estimate of drug-likeness (QED) is 0.750. The van der Waals surface area contributed by atoms with Gasteiger partial charge in [0, 0.05) is 27.3 Å². The van der Waals surface area contributed by atoms with Crippen LogP contribution in [0, 0.1) is 5.41 Å². The molecule has 1 unspecified atom stereocenters. The lowest BCUT2D eigenvalue weighted by molar-refractivity contribution is 0.680. The maximum atomic E-state index is 11.4. The van der Waals surface area contributed by atoms with Gasteiger partial charge in [-0.05, 0) is 43.2 Å². The third-order valence-corrected chi connectivity index (χ3v) is 3.93. The highest BCUT2D eigenvalue weighted by molar-refractivity contribution is 7.84. The molecule has 0 aliphatic rings. The molecule has 0 aliphatic carbocycles. The number of aryl methyl sites for hydroxylation is 1. The van der Waals surface area contributed by atoms with E-state index in [1.807, 2.05) is 24.3 Å². The van der Waals surface area contributed by atoms with Crippen molar-refractivity contribution in [1.29, 1.82) is 5.41 Å². The first-order chi connectivity index (χ1) is 7.72. The number of benzene rings is 1. The zero-order valence-corrected chi connectivity index (χ0v) is 10.7. The van der Waals surface area contributed by atoms with E-state index >= 15 is 0 Å².